The number of anilines is 3. The third kappa shape index (κ3) is 5.25. The molecule has 3 aromatic rings. The zero-order chi connectivity index (χ0) is 23.3. The molecular weight excluding hydrogens is 481 g/mol. The summed E-state index contributed by atoms with van der Waals surface area (Å²) in [4.78, 5) is 18.0. The van der Waals surface area contributed by atoms with Crippen LogP contribution >= 0.6 is 23.2 Å². The highest BCUT2D eigenvalue weighted by molar-refractivity contribution is 6.43. The van der Waals surface area contributed by atoms with Crippen LogP contribution in [0.25, 0.3) is 11.3 Å². The highest BCUT2D eigenvalue weighted by atomic mass is 35.5. The number of nitrogens with one attached hydrogen (secondary N) is 1. The highest BCUT2D eigenvalue weighted by Gasteiger charge is 2.20. The van der Waals surface area contributed by atoms with E-state index in [-0.39, 0.29) is 0 Å². The highest BCUT2D eigenvalue weighted by Crippen LogP contribution is 2.34. The van der Waals surface area contributed by atoms with Crippen molar-refractivity contribution in [3.8, 4) is 11.3 Å². The van der Waals surface area contributed by atoms with Gasteiger partial charge in [-0.05, 0) is 24.3 Å². The lowest BCUT2D eigenvalue weighted by molar-refractivity contribution is 0.121. The Hall–Kier alpha value is -2.92. The van der Waals surface area contributed by atoms with Gasteiger partial charge in [0, 0.05) is 31.7 Å². The number of morpholine rings is 2. The number of hydrogen-bond acceptors (Lipinski definition) is 10. The van der Waals surface area contributed by atoms with Gasteiger partial charge in [0.1, 0.15) is 11.5 Å². The number of ether oxygens (including phenoxy) is 2. The number of aromatic nitrogens is 3. The number of halogens is 2. The van der Waals surface area contributed by atoms with Gasteiger partial charge in [0.2, 0.25) is 17.8 Å². The van der Waals surface area contributed by atoms with Gasteiger partial charge in [0.15, 0.2) is 0 Å². The van der Waals surface area contributed by atoms with E-state index in [0.717, 1.165) is 26.2 Å². The topological polar surface area (TPSA) is 101 Å². The molecule has 4 heterocycles. The summed E-state index contributed by atoms with van der Waals surface area (Å²) in [6.45, 7) is 5.42. The number of hydrogen-bond donors (Lipinski definition) is 1. The number of furan rings is 1. The van der Waals surface area contributed by atoms with E-state index in [1.165, 1.54) is 0 Å². The molecule has 178 valence electrons. The van der Waals surface area contributed by atoms with Gasteiger partial charge in [0.25, 0.3) is 0 Å². The first kappa shape index (κ1) is 22.9. The molecule has 0 radical (unpaired) electrons. The molecule has 10 nitrogen and oxygen atoms in total. The van der Waals surface area contributed by atoms with E-state index >= 15 is 0 Å². The second kappa shape index (κ2) is 10.6. The predicted molar refractivity (Wildman–Crippen MR) is 131 cm³/mol. The van der Waals surface area contributed by atoms with Gasteiger partial charge >= 0.3 is 0 Å². The zero-order valence-corrected chi connectivity index (χ0v) is 19.8. The predicted octanol–water partition coefficient (Wildman–Crippen LogP) is 3.56. The van der Waals surface area contributed by atoms with Crippen LogP contribution in [-0.4, -0.2) is 73.8 Å². The van der Waals surface area contributed by atoms with Gasteiger partial charge in [-0.3, -0.25) is 0 Å². The molecule has 0 spiro atoms. The largest absolute Gasteiger partial charge is 0.455 e. The second-order valence-corrected chi connectivity index (χ2v) is 8.42. The lowest BCUT2D eigenvalue weighted by Crippen LogP contribution is -2.40. The Morgan fingerprint density at radius 3 is 2.15 bits per heavy atom. The molecule has 1 N–H and O–H groups in total. The average Bonchev–Trinajstić information content (AvgIpc) is 3.35. The fraction of sp³-hybridized carbons (Fsp3) is 0.364. The first-order chi connectivity index (χ1) is 16.7. The second-order valence-electron chi connectivity index (χ2n) is 7.63. The van der Waals surface area contributed by atoms with Gasteiger partial charge in [0.05, 0.1) is 42.7 Å². The van der Waals surface area contributed by atoms with Crippen molar-refractivity contribution in [1.29, 1.82) is 0 Å². The Balaban J connectivity index is 1.34. The molecule has 2 saturated heterocycles. The van der Waals surface area contributed by atoms with Crippen LogP contribution in [0.4, 0.5) is 17.8 Å². The van der Waals surface area contributed by atoms with Crippen molar-refractivity contribution in [2.75, 3.05) is 67.8 Å². The van der Waals surface area contributed by atoms with E-state index in [9.17, 15) is 0 Å². The fourth-order valence-corrected chi connectivity index (χ4v) is 4.02. The summed E-state index contributed by atoms with van der Waals surface area (Å²) in [7, 11) is 0. The maximum absolute atomic E-state index is 6.30. The van der Waals surface area contributed by atoms with Crippen molar-refractivity contribution in [2.24, 2.45) is 5.10 Å². The van der Waals surface area contributed by atoms with E-state index in [1.54, 1.807) is 18.3 Å². The molecule has 0 atom stereocenters. The van der Waals surface area contributed by atoms with Crippen molar-refractivity contribution < 1.29 is 13.9 Å². The summed E-state index contributed by atoms with van der Waals surface area (Å²) in [5.41, 5.74) is 3.62. The van der Waals surface area contributed by atoms with Gasteiger partial charge in [-0.25, -0.2) is 5.43 Å². The van der Waals surface area contributed by atoms with Crippen LogP contribution in [0.15, 0.2) is 39.9 Å². The van der Waals surface area contributed by atoms with Crippen LogP contribution in [0.1, 0.15) is 5.76 Å². The quantitative estimate of drug-likeness (QED) is 0.399. The third-order valence-corrected chi connectivity index (χ3v) is 6.22. The maximum atomic E-state index is 6.30. The molecule has 2 aliphatic rings. The zero-order valence-electron chi connectivity index (χ0n) is 18.3. The van der Waals surface area contributed by atoms with Crippen LogP contribution < -0.4 is 15.2 Å². The SMILES string of the molecule is Clc1cccc(-c2ccc(/C=N/Nc3nc(N4CCOCC4)nc(N4CCOCC4)n3)o2)c1Cl. The minimum Gasteiger partial charge on any atom is -0.455 e. The summed E-state index contributed by atoms with van der Waals surface area (Å²) < 4.78 is 16.8. The lowest BCUT2D eigenvalue weighted by atomic mass is 10.2. The molecule has 34 heavy (non-hydrogen) atoms. The number of hydrazone groups is 1. The minimum absolute atomic E-state index is 0.346. The molecule has 2 fully saturated rings. The Bertz CT molecular complexity index is 1120. The van der Waals surface area contributed by atoms with Crippen LogP contribution in [0.2, 0.25) is 10.0 Å². The first-order valence-electron chi connectivity index (χ1n) is 10.9. The number of nitrogens with zero attached hydrogens (tertiary/aromatic N) is 6. The van der Waals surface area contributed by atoms with E-state index in [2.05, 4.69) is 35.3 Å². The number of rotatable bonds is 6. The van der Waals surface area contributed by atoms with Crippen LogP contribution in [-0.2, 0) is 9.47 Å². The normalized spacial score (nSPS) is 16.9. The van der Waals surface area contributed by atoms with Crippen LogP contribution in [0.5, 0.6) is 0 Å². The van der Waals surface area contributed by atoms with E-state index in [0.29, 0.717) is 71.4 Å². The fourth-order valence-electron chi connectivity index (χ4n) is 3.63. The van der Waals surface area contributed by atoms with E-state index in [4.69, 9.17) is 37.1 Å². The monoisotopic (exact) mass is 503 g/mol. The summed E-state index contributed by atoms with van der Waals surface area (Å²) in [5.74, 6) is 2.66. The average molecular weight is 504 g/mol. The van der Waals surface area contributed by atoms with Gasteiger partial charge in [-0.15, -0.1) is 0 Å². The molecule has 5 rings (SSSR count). The summed E-state index contributed by atoms with van der Waals surface area (Å²) in [6.07, 6.45) is 1.55. The number of benzene rings is 1. The molecule has 0 amide bonds. The van der Waals surface area contributed by atoms with Crippen LogP contribution in [0.3, 0.4) is 0 Å². The Kier molecular flexibility index (Phi) is 7.10. The van der Waals surface area contributed by atoms with Crippen molar-refractivity contribution >= 4 is 47.3 Å². The molecule has 0 saturated carbocycles. The van der Waals surface area contributed by atoms with Crippen molar-refractivity contribution in [2.45, 2.75) is 0 Å². The molecule has 2 aromatic heterocycles. The lowest BCUT2D eigenvalue weighted by Gasteiger charge is -2.30. The molecule has 1 aromatic carbocycles. The van der Waals surface area contributed by atoms with Crippen LogP contribution in [0, 0.1) is 0 Å². The molecule has 0 unspecified atom stereocenters. The van der Waals surface area contributed by atoms with Crippen molar-refractivity contribution in [3.05, 3.63) is 46.1 Å². The molecular formula is C22H23Cl2N7O3. The molecule has 0 aliphatic carbocycles. The summed E-state index contributed by atoms with van der Waals surface area (Å²) in [6, 6.07) is 9.00. The van der Waals surface area contributed by atoms with Gasteiger partial charge in [-0.2, -0.15) is 20.1 Å². The standard InChI is InChI=1S/C22H23Cl2N7O3/c23-17-3-1-2-16(19(17)24)18-5-4-15(34-18)14-25-29-20-26-21(30-6-10-32-11-7-30)28-22(27-20)31-8-12-33-13-9-31/h1-5,14H,6-13H2,(H,26,27,28,29)/b25-14+. The van der Waals surface area contributed by atoms with E-state index < -0.39 is 0 Å². The summed E-state index contributed by atoms with van der Waals surface area (Å²) in [5, 5.41) is 5.17. The van der Waals surface area contributed by atoms with E-state index in [1.807, 2.05) is 18.2 Å². The Morgan fingerprint density at radius 1 is 0.853 bits per heavy atom. The molecule has 2 aliphatic heterocycles. The van der Waals surface area contributed by atoms with Crippen molar-refractivity contribution in [1.82, 2.24) is 15.0 Å². The Labute approximate surface area is 206 Å². The van der Waals surface area contributed by atoms with Gasteiger partial charge in [-0.1, -0.05) is 29.3 Å². The third-order valence-electron chi connectivity index (χ3n) is 5.40. The first-order valence-corrected chi connectivity index (χ1v) is 11.7. The van der Waals surface area contributed by atoms with Gasteiger partial charge < -0.3 is 23.7 Å². The Morgan fingerprint density at radius 2 is 1.50 bits per heavy atom. The smallest absolute Gasteiger partial charge is 0.250 e. The molecule has 0 bridgehead atoms. The summed E-state index contributed by atoms with van der Waals surface area (Å²) >= 11 is 12.4. The molecule has 12 heteroatoms. The maximum Gasteiger partial charge on any atom is 0.250 e. The van der Waals surface area contributed by atoms with Crippen molar-refractivity contribution in [3.63, 3.8) is 0 Å². The minimum atomic E-state index is 0.346.